The molecule has 0 saturated heterocycles. The van der Waals surface area contributed by atoms with E-state index in [4.69, 9.17) is 4.42 Å². The van der Waals surface area contributed by atoms with Crippen molar-refractivity contribution in [3.05, 3.63) is 58.5 Å². The van der Waals surface area contributed by atoms with E-state index in [-0.39, 0.29) is 48.5 Å². The Kier molecular flexibility index (Phi) is 4.90. The maximum atomic E-state index is 12.9. The number of nitrogens with one attached hydrogen (secondary N) is 1. The lowest BCUT2D eigenvalue weighted by Crippen LogP contribution is -2.55. The predicted octanol–water partition coefficient (Wildman–Crippen LogP) is 3.42. The van der Waals surface area contributed by atoms with Crippen LogP contribution in [0.4, 0.5) is 0 Å². The van der Waals surface area contributed by atoms with Gasteiger partial charge in [-0.1, -0.05) is 28.1 Å². The third-order valence-corrected chi connectivity index (χ3v) is 4.97. The Morgan fingerprint density at radius 1 is 1.28 bits per heavy atom. The number of furan rings is 1. The monoisotopic (exact) mass is 403 g/mol. The van der Waals surface area contributed by atoms with Crippen LogP contribution in [0, 0.1) is 0 Å². The van der Waals surface area contributed by atoms with E-state index in [1.807, 2.05) is 24.3 Å². The smallest absolute Gasteiger partial charge is 0.231 e. The average molecular weight is 404 g/mol. The first-order valence-corrected chi connectivity index (χ1v) is 8.85. The van der Waals surface area contributed by atoms with Crippen LogP contribution in [0.5, 0.6) is 0 Å². The molecular weight excluding hydrogens is 386 g/mol. The summed E-state index contributed by atoms with van der Waals surface area (Å²) >= 11 is 3.41. The molecule has 0 aliphatic heterocycles. The molecule has 1 N–H and O–H groups in total. The number of carbonyl (C=O) groups is 3. The number of hydrogen-bond donors (Lipinski definition) is 1. The van der Waals surface area contributed by atoms with Crippen molar-refractivity contribution in [3.8, 4) is 0 Å². The highest BCUT2D eigenvalue weighted by molar-refractivity contribution is 9.10. The van der Waals surface area contributed by atoms with E-state index >= 15 is 0 Å². The highest BCUT2D eigenvalue weighted by Gasteiger charge is 2.51. The molecule has 0 bridgehead atoms. The topological polar surface area (TPSA) is 76.4 Å². The van der Waals surface area contributed by atoms with Gasteiger partial charge in [0.25, 0.3) is 0 Å². The molecule has 1 heterocycles. The average Bonchev–Trinajstić information content (AvgIpc) is 3.05. The van der Waals surface area contributed by atoms with Gasteiger partial charge in [-0.05, 0) is 36.8 Å². The molecule has 1 atom stereocenters. The summed E-state index contributed by atoms with van der Waals surface area (Å²) in [6.45, 7) is 1.77. The van der Waals surface area contributed by atoms with Crippen LogP contribution < -0.4 is 5.32 Å². The molecule has 1 aliphatic carbocycles. The summed E-state index contributed by atoms with van der Waals surface area (Å²) in [6.07, 6.45) is 1.96. The number of ketones is 2. The maximum absolute atomic E-state index is 12.9. The van der Waals surface area contributed by atoms with Crippen LogP contribution in [0.3, 0.4) is 0 Å². The number of benzene rings is 1. The molecule has 2 aromatic rings. The molecule has 3 rings (SSSR count). The van der Waals surface area contributed by atoms with Crippen LogP contribution in [0.1, 0.15) is 42.3 Å². The summed E-state index contributed by atoms with van der Waals surface area (Å²) in [7, 11) is 0. The van der Waals surface area contributed by atoms with E-state index in [9.17, 15) is 14.4 Å². The van der Waals surface area contributed by atoms with Gasteiger partial charge in [0.15, 0.2) is 11.5 Å². The summed E-state index contributed by atoms with van der Waals surface area (Å²) < 4.78 is 5.94. The van der Waals surface area contributed by atoms with Gasteiger partial charge in [0, 0.05) is 29.8 Å². The van der Waals surface area contributed by atoms with Gasteiger partial charge in [-0.2, -0.15) is 0 Å². The van der Waals surface area contributed by atoms with Gasteiger partial charge in [0.1, 0.15) is 5.78 Å². The summed E-state index contributed by atoms with van der Waals surface area (Å²) in [5.41, 5.74) is -0.0356. The SMILES string of the molecule is C[C@@H](CC(=O)c1ccco1)NC(=O)C1(c2cccc(Br)c2)CC(=O)C1. The minimum Gasteiger partial charge on any atom is -0.461 e. The molecule has 1 aliphatic rings. The lowest BCUT2D eigenvalue weighted by atomic mass is 9.63. The van der Waals surface area contributed by atoms with E-state index in [0.29, 0.717) is 0 Å². The zero-order chi connectivity index (χ0) is 18.0. The zero-order valence-corrected chi connectivity index (χ0v) is 15.3. The Morgan fingerprint density at radius 3 is 2.64 bits per heavy atom. The van der Waals surface area contributed by atoms with E-state index in [1.165, 1.54) is 6.26 Å². The molecule has 25 heavy (non-hydrogen) atoms. The normalized spacial score (nSPS) is 16.8. The minimum atomic E-state index is -0.844. The fraction of sp³-hybridized carbons (Fsp3) is 0.316. The van der Waals surface area contributed by atoms with Crippen molar-refractivity contribution in [1.82, 2.24) is 5.32 Å². The molecule has 1 fully saturated rings. The van der Waals surface area contributed by atoms with Crippen molar-refractivity contribution in [2.45, 2.75) is 37.6 Å². The van der Waals surface area contributed by atoms with Gasteiger partial charge in [-0.3, -0.25) is 14.4 Å². The summed E-state index contributed by atoms with van der Waals surface area (Å²) in [5, 5.41) is 2.89. The Balaban J connectivity index is 1.71. The summed E-state index contributed by atoms with van der Waals surface area (Å²) in [4.78, 5) is 36.6. The highest BCUT2D eigenvalue weighted by Crippen LogP contribution is 2.42. The molecule has 1 aromatic carbocycles. The van der Waals surface area contributed by atoms with Crippen LogP contribution in [-0.2, 0) is 15.0 Å². The van der Waals surface area contributed by atoms with Crippen LogP contribution in [0.25, 0.3) is 0 Å². The zero-order valence-electron chi connectivity index (χ0n) is 13.8. The van der Waals surface area contributed by atoms with Gasteiger partial charge in [0.2, 0.25) is 5.91 Å². The fourth-order valence-electron chi connectivity index (χ4n) is 3.13. The second-order valence-electron chi connectivity index (χ2n) is 6.46. The molecule has 0 unspecified atom stereocenters. The van der Waals surface area contributed by atoms with Crippen molar-refractivity contribution < 1.29 is 18.8 Å². The minimum absolute atomic E-state index is 0.0643. The van der Waals surface area contributed by atoms with Crippen LogP contribution in [0.15, 0.2) is 51.6 Å². The lowest BCUT2D eigenvalue weighted by molar-refractivity contribution is -0.141. The Morgan fingerprint density at radius 2 is 2.04 bits per heavy atom. The molecule has 6 heteroatoms. The Bertz CT molecular complexity index is 805. The van der Waals surface area contributed by atoms with Crippen molar-refractivity contribution in [2.75, 3.05) is 0 Å². The first-order chi connectivity index (χ1) is 11.9. The van der Waals surface area contributed by atoms with Gasteiger partial charge in [-0.25, -0.2) is 0 Å². The number of carbonyl (C=O) groups excluding carboxylic acids is 3. The van der Waals surface area contributed by atoms with Crippen LogP contribution in [0.2, 0.25) is 0 Å². The molecule has 5 nitrogen and oxygen atoms in total. The highest BCUT2D eigenvalue weighted by atomic mass is 79.9. The number of Topliss-reactive ketones (excluding diaryl/α,β-unsaturated/α-hetero) is 2. The molecule has 1 aromatic heterocycles. The fourth-order valence-corrected chi connectivity index (χ4v) is 3.53. The second-order valence-corrected chi connectivity index (χ2v) is 7.38. The molecule has 0 spiro atoms. The molecular formula is C19H18BrNO4. The van der Waals surface area contributed by atoms with Crippen molar-refractivity contribution in [2.24, 2.45) is 0 Å². The number of hydrogen-bond acceptors (Lipinski definition) is 4. The molecule has 130 valence electrons. The number of halogens is 1. The first-order valence-electron chi connectivity index (χ1n) is 8.06. The Hall–Kier alpha value is -2.21. The lowest BCUT2D eigenvalue weighted by Gasteiger charge is -2.40. The largest absolute Gasteiger partial charge is 0.461 e. The van der Waals surface area contributed by atoms with Gasteiger partial charge in [-0.15, -0.1) is 0 Å². The first kappa shape index (κ1) is 17.6. The van der Waals surface area contributed by atoms with E-state index in [0.717, 1.165) is 10.0 Å². The van der Waals surface area contributed by atoms with Gasteiger partial charge in [0.05, 0.1) is 11.7 Å². The van der Waals surface area contributed by atoms with Crippen LogP contribution in [-0.4, -0.2) is 23.5 Å². The van der Waals surface area contributed by atoms with Gasteiger partial charge >= 0.3 is 0 Å². The Labute approximate surface area is 153 Å². The third-order valence-electron chi connectivity index (χ3n) is 4.47. The standard InChI is InChI=1S/C19H18BrNO4/c1-12(8-16(23)17-6-3-7-25-17)21-18(24)19(10-15(22)11-19)13-4-2-5-14(20)9-13/h2-7,9,12H,8,10-11H2,1H3,(H,21,24)/t12-/m0/s1. The van der Waals surface area contributed by atoms with Crippen molar-refractivity contribution in [1.29, 1.82) is 0 Å². The molecule has 1 amide bonds. The van der Waals surface area contributed by atoms with Crippen molar-refractivity contribution >= 4 is 33.4 Å². The number of amides is 1. The second kappa shape index (κ2) is 6.96. The van der Waals surface area contributed by atoms with E-state index in [1.54, 1.807) is 19.1 Å². The maximum Gasteiger partial charge on any atom is 0.231 e. The predicted molar refractivity (Wildman–Crippen MR) is 95.3 cm³/mol. The quantitative estimate of drug-likeness (QED) is 0.749. The summed E-state index contributed by atoms with van der Waals surface area (Å²) in [5.74, 6) is -0.0417. The van der Waals surface area contributed by atoms with Crippen molar-refractivity contribution in [3.63, 3.8) is 0 Å². The van der Waals surface area contributed by atoms with Gasteiger partial charge < -0.3 is 9.73 Å². The third kappa shape index (κ3) is 3.58. The molecule has 0 radical (unpaired) electrons. The van der Waals surface area contributed by atoms with E-state index < -0.39 is 5.41 Å². The number of rotatable bonds is 6. The van der Waals surface area contributed by atoms with E-state index in [2.05, 4.69) is 21.2 Å². The van der Waals surface area contributed by atoms with Crippen LogP contribution >= 0.6 is 15.9 Å². The molecule has 1 saturated carbocycles. The summed E-state index contributed by atoms with van der Waals surface area (Å²) in [6, 6.07) is 10.3.